The van der Waals surface area contributed by atoms with Crippen LogP contribution >= 0.6 is 0 Å². The zero-order valence-corrected chi connectivity index (χ0v) is 12.2. The minimum atomic E-state index is -3.46. The minimum absolute atomic E-state index is 0.0317. The summed E-state index contributed by atoms with van der Waals surface area (Å²) in [6.07, 6.45) is 1.04. The lowest BCUT2D eigenvalue weighted by molar-refractivity contribution is -0.384. The molecular formula is C12H17N3O4S. The van der Waals surface area contributed by atoms with Gasteiger partial charge in [0.1, 0.15) is 5.69 Å². The fraction of sp³-hybridized carbons (Fsp3) is 0.500. The maximum Gasteiger partial charge on any atom is 0.293 e. The first-order chi connectivity index (χ1) is 9.34. The van der Waals surface area contributed by atoms with Gasteiger partial charge >= 0.3 is 0 Å². The zero-order chi connectivity index (χ0) is 14.9. The summed E-state index contributed by atoms with van der Waals surface area (Å²) in [5.41, 5.74) is 0.304. The fourth-order valence-electron chi connectivity index (χ4n) is 2.24. The molecule has 0 atom stereocenters. The molecule has 1 aromatic rings. The van der Waals surface area contributed by atoms with Crippen LogP contribution in [0.1, 0.15) is 6.92 Å². The van der Waals surface area contributed by atoms with Crippen molar-refractivity contribution in [2.75, 3.05) is 30.8 Å². The average Bonchev–Trinajstić information content (AvgIpc) is 2.31. The molecular weight excluding hydrogens is 282 g/mol. The fourth-order valence-corrected chi connectivity index (χ4v) is 2.88. The van der Waals surface area contributed by atoms with Crippen molar-refractivity contribution in [3.63, 3.8) is 0 Å². The van der Waals surface area contributed by atoms with Gasteiger partial charge in [-0.25, -0.2) is 8.42 Å². The number of sulfone groups is 1. The molecule has 1 N–H and O–H groups in total. The molecule has 0 spiro atoms. The number of hydrogen-bond donors (Lipinski definition) is 1. The Hall–Kier alpha value is -1.67. The summed E-state index contributed by atoms with van der Waals surface area (Å²) in [6, 6.07) is 4.30. The van der Waals surface area contributed by atoms with Gasteiger partial charge in [-0.1, -0.05) is 0 Å². The predicted octanol–water partition coefficient (Wildman–Crippen LogP) is 0.796. The topological polar surface area (TPSA) is 92.5 Å². The second kappa shape index (κ2) is 5.37. The maximum atomic E-state index is 11.5. The van der Waals surface area contributed by atoms with Crippen LogP contribution in [0, 0.1) is 10.1 Å². The van der Waals surface area contributed by atoms with E-state index < -0.39 is 14.8 Å². The first kappa shape index (κ1) is 14.7. The number of nitrogens with zero attached hydrogens (tertiary/aromatic N) is 2. The van der Waals surface area contributed by atoms with E-state index >= 15 is 0 Å². The van der Waals surface area contributed by atoms with E-state index in [1.165, 1.54) is 12.1 Å². The molecule has 0 aliphatic carbocycles. The van der Waals surface area contributed by atoms with Crippen molar-refractivity contribution >= 4 is 21.2 Å². The molecule has 0 aromatic heterocycles. The number of rotatable bonds is 5. The van der Waals surface area contributed by atoms with Crippen LogP contribution in [-0.4, -0.2) is 45.3 Å². The Morgan fingerprint density at radius 2 is 2.10 bits per heavy atom. The molecule has 8 heteroatoms. The molecule has 7 nitrogen and oxygen atoms in total. The Kier molecular flexibility index (Phi) is 3.96. The molecule has 2 rings (SSSR count). The average molecular weight is 299 g/mol. The number of likely N-dealkylation sites (N-methyl/N-ethyl adjacent to an activating group) is 1. The van der Waals surface area contributed by atoms with Gasteiger partial charge < -0.3 is 10.2 Å². The van der Waals surface area contributed by atoms with E-state index in [-0.39, 0.29) is 16.6 Å². The Labute approximate surface area is 117 Å². The lowest BCUT2D eigenvalue weighted by atomic mass is 10.1. The third-order valence-electron chi connectivity index (χ3n) is 3.42. The number of nitro benzene ring substituents is 1. The lowest BCUT2D eigenvalue weighted by Crippen LogP contribution is -2.57. The summed E-state index contributed by atoms with van der Waals surface area (Å²) in [4.78, 5) is 12.6. The van der Waals surface area contributed by atoms with Crippen LogP contribution in [0.25, 0.3) is 0 Å². The second-order valence-corrected chi connectivity index (χ2v) is 6.79. The lowest BCUT2D eigenvalue weighted by Gasteiger charge is -2.38. The summed E-state index contributed by atoms with van der Waals surface area (Å²) in [5.74, 6) is 0. The van der Waals surface area contributed by atoms with Crippen molar-refractivity contribution in [3.05, 3.63) is 28.3 Å². The van der Waals surface area contributed by atoms with Crippen LogP contribution in [0.4, 0.5) is 11.4 Å². The Morgan fingerprint density at radius 1 is 1.45 bits per heavy atom. The number of hydrogen-bond acceptors (Lipinski definition) is 6. The van der Waals surface area contributed by atoms with E-state index in [4.69, 9.17) is 0 Å². The third kappa shape index (κ3) is 2.75. The number of benzene rings is 1. The summed E-state index contributed by atoms with van der Waals surface area (Å²) in [7, 11) is -3.46. The molecule has 0 radical (unpaired) electrons. The molecule has 1 fully saturated rings. The maximum absolute atomic E-state index is 11.5. The van der Waals surface area contributed by atoms with E-state index in [0.29, 0.717) is 12.2 Å². The summed E-state index contributed by atoms with van der Waals surface area (Å²) in [6.45, 7) is 4.11. The van der Waals surface area contributed by atoms with Crippen LogP contribution in [0.5, 0.6) is 0 Å². The molecule has 110 valence electrons. The van der Waals surface area contributed by atoms with Crippen LogP contribution < -0.4 is 10.2 Å². The van der Waals surface area contributed by atoms with E-state index in [9.17, 15) is 18.5 Å². The van der Waals surface area contributed by atoms with Gasteiger partial charge in [0.05, 0.1) is 15.9 Å². The Morgan fingerprint density at radius 3 is 2.50 bits per heavy atom. The van der Waals surface area contributed by atoms with Crippen LogP contribution in [0.15, 0.2) is 23.1 Å². The first-order valence-corrected chi connectivity index (χ1v) is 8.19. The minimum Gasteiger partial charge on any atom is -0.361 e. The molecule has 1 aliphatic rings. The highest BCUT2D eigenvalue weighted by molar-refractivity contribution is 7.90. The van der Waals surface area contributed by atoms with Gasteiger partial charge in [0, 0.05) is 32.0 Å². The molecule has 1 saturated heterocycles. The molecule has 1 heterocycles. The molecule has 1 aliphatic heterocycles. The van der Waals surface area contributed by atoms with Gasteiger partial charge in [-0.2, -0.15) is 0 Å². The highest BCUT2D eigenvalue weighted by Crippen LogP contribution is 2.32. The normalized spacial score (nSPS) is 15.7. The summed E-state index contributed by atoms with van der Waals surface area (Å²) >= 11 is 0. The largest absolute Gasteiger partial charge is 0.361 e. The number of nitro groups is 1. The number of anilines is 1. The van der Waals surface area contributed by atoms with Gasteiger partial charge in [0.2, 0.25) is 0 Å². The highest BCUT2D eigenvalue weighted by Gasteiger charge is 2.29. The molecule has 20 heavy (non-hydrogen) atoms. The van der Waals surface area contributed by atoms with Gasteiger partial charge in [-0.3, -0.25) is 10.1 Å². The predicted molar refractivity (Wildman–Crippen MR) is 75.9 cm³/mol. The van der Waals surface area contributed by atoms with E-state index in [0.717, 1.165) is 25.4 Å². The molecule has 0 saturated carbocycles. The smallest absolute Gasteiger partial charge is 0.293 e. The van der Waals surface area contributed by atoms with E-state index in [1.807, 2.05) is 11.8 Å². The van der Waals surface area contributed by atoms with Crippen LogP contribution in [0.3, 0.4) is 0 Å². The van der Waals surface area contributed by atoms with Gasteiger partial charge in [0.25, 0.3) is 5.69 Å². The first-order valence-electron chi connectivity index (χ1n) is 6.30. The van der Waals surface area contributed by atoms with Crippen molar-refractivity contribution in [1.82, 2.24) is 5.32 Å². The molecule has 0 amide bonds. The number of nitrogens with one attached hydrogen (secondary N) is 1. The van der Waals surface area contributed by atoms with Crippen molar-refractivity contribution in [3.8, 4) is 0 Å². The van der Waals surface area contributed by atoms with Gasteiger partial charge in [-0.05, 0) is 19.1 Å². The van der Waals surface area contributed by atoms with Gasteiger partial charge in [-0.15, -0.1) is 0 Å². The highest BCUT2D eigenvalue weighted by atomic mass is 32.2. The summed E-state index contributed by atoms with van der Waals surface area (Å²) in [5, 5.41) is 14.3. The SMILES string of the molecule is CCN(c1ccc(S(C)(=O)=O)cc1[N+](=O)[O-])C1CNC1. The Bertz CT molecular complexity index is 626. The van der Waals surface area contributed by atoms with Crippen LogP contribution in [-0.2, 0) is 9.84 Å². The molecule has 1 aromatic carbocycles. The van der Waals surface area contributed by atoms with Crippen molar-refractivity contribution in [2.45, 2.75) is 17.9 Å². The van der Waals surface area contributed by atoms with Crippen LogP contribution in [0.2, 0.25) is 0 Å². The van der Waals surface area contributed by atoms with E-state index in [2.05, 4.69) is 5.32 Å². The standard InChI is InChI=1S/C12H17N3O4S/c1-3-14(9-7-13-8-9)11-5-4-10(20(2,18)19)6-12(11)15(16)17/h4-6,9,13H,3,7-8H2,1-2H3. The second-order valence-electron chi connectivity index (χ2n) is 4.78. The van der Waals surface area contributed by atoms with Crippen molar-refractivity contribution < 1.29 is 13.3 Å². The monoisotopic (exact) mass is 299 g/mol. The molecule has 0 unspecified atom stereocenters. The van der Waals surface area contributed by atoms with E-state index in [1.54, 1.807) is 0 Å². The van der Waals surface area contributed by atoms with Gasteiger partial charge in [0.15, 0.2) is 9.84 Å². The third-order valence-corrected chi connectivity index (χ3v) is 4.53. The quantitative estimate of drug-likeness (QED) is 0.638. The Balaban J connectivity index is 2.49. The summed E-state index contributed by atoms with van der Waals surface area (Å²) < 4.78 is 23.0. The molecule has 0 bridgehead atoms. The zero-order valence-electron chi connectivity index (χ0n) is 11.4. The van der Waals surface area contributed by atoms with Crippen molar-refractivity contribution in [1.29, 1.82) is 0 Å². The van der Waals surface area contributed by atoms with Crippen molar-refractivity contribution in [2.24, 2.45) is 0 Å².